The van der Waals surface area contributed by atoms with Crippen LogP contribution in [0.1, 0.15) is 23.0 Å². The van der Waals surface area contributed by atoms with Crippen LogP contribution in [0.4, 0.5) is 0 Å². The first-order chi connectivity index (χ1) is 23.2. The molecule has 0 spiro atoms. The minimum absolute atomic E-state index is 0.176. The molecule has 8 aromatic rings. The second-order valence-corrected chi connectivity index (χ2v) is 12.5. The summed E-state index contributed by atoms with van der Waals surface area (Å²) in [6.07, 6.45) is 8.98. The highest BCUT2D eigenvalue weighted by molar-refractivity contribution is 6.31. The molecule has 0 saturated heterocycles. The molecular formula is C43H29ClN2O. The third kappa shape index (κ3) is 4.79. The van der Waals surface area contributed by atoms with E-state index < -0.39 is 0 Å². The molecule has 0 fully saturated rings. The first-order valence-electron chi connectivity index (χ1n) is 15.9. The number of nitrogens with zero attached hydrogens (tertiary/aromatic N) is 2. The average molecular weight is 625 g/mol. The lowest BCUT2D eigenvalue weighted by molar-refractivity contribution is 0.619. The number of para-hydroxylation sites is 2. The molecule has 2 heterocycles. The topological polar surface area (TPSA) is 31.0 Å². The lowest BCUT2D eigenvalue weighted by Gasteiger charge is -2.27. The van der Waals surface area contributed by atoms with Gasteiger partial charge in [-0.3, -0.25) is 0 Å². The van der Waals surface area contributed by atoms with Crippen molar-refractivity contribution < 1.29 is 4.42 Å². The minimum atomic E-state index is 0.176. The Morgan fingerprint density at radius 2 is 1.32 bits per heavy atom. The van der Waals surface area contributed by atoms with E-state index in [2.05, 4.69) is 155 Å². The number of allylic oxidation sites excluding steroid dienone is 4. The molecule has 47 heavy (non-hydrogen) atoms. The maximum atomic E-state index is 6.17. The number of oxazole rings is 1. The molecule has 2 unspecified atom stereocenters. The second kappa shape index (κ2) is 11.3. The molecule has 6 aromatic carbocycles. The van der Waals surface area contributed by atoms with E-state index in [-0.39, 0.29) is 11.8 Å². The van der Waals surface area contributed by atoms with E-state index >= 15 is 0 Å². The normalized spacial score (nSPS) is 16.0. The van der Waals surface area contributed by atoms with E-state index in [4.69, 9.17) is 16.0 Å². The first kappa shape index (κ1) is 27.7. The molecule has 1 aliphatic rings. The summed E-state index contributed by atoms with van der Waals surface area (Å²) in [6, 6.07) is 49.2. The summed E-state index contributed by atoms with van der Waals surface area (Å²) < 4.78 is 8.40. The summed E-state index contributed by atoms with van der Waals surface area (Å²) >= 11 is 6.17. The largest absolute Gasteiger partial charge is 0.436 e. The van der Waals surface area contributed by atoms with Crippen LogP contribution in [0, 0.1) is 0 Å². The molecule has 0 amide bonds. The fourth-order valence-electron chi connectivity index (χ4n) is 7.14. The third-order valence-corrected chi connectivity index (χ3v) is 9.58. The van der Waals surface area contributed by atoms with Crippen molar-refractivity contribution in [3.05, 3.63) is 180 Å². The molecule has 1 aliphatic carbocycles. The molecule has 0 N–H and O–H groups in total. The van der Waals surface area contributed by atoms with Crippen LogP contribution in [0.3, 0.4) is 0 Å². The van der Waals surface area contributed by atoms with Gasteiger partial charge in [0.1, 0.15) is 5.52 Å². The first-order valence-corrected chi connectivity index (χ1v) is 16.3. The number of fused-ring (bicyclic) bond motifs is 4. The summed E-state index contributed by atoms with van der Waals surface area (Å²) in [7, 11) is 0. The highest BCUT2D eigenvalue weighted by Crippen LogP contribution is 2.43. The van der Waals surface area contributed by atoms with Crippen molar-refractivity contribution in [3.63, 3.8) is 0 Å². The molecule has 4 heteroatoms. The van der Waals surface area contributed by atoms with E-state index in [1.807, 2.05) is 18.2 Å². The van der Waals surface area contributed by atoms with E-state index in [9.17, 15) is 0 Å². The van der Waals surface area contributed by atoms with E-state index in [1.54, 1.807) is 0 Å². The van der Waals surface area contributed by atoms with Gasteiger partial charge in [0.15, 0.2) is 5.58 Å². The van der Waals surface area contributed by atoms with Gasteiger partial charge in [0.2, 0.25) is 5.89 Å². The van der Waals surface area contributed by atoms with E-state index in [1.165, 1.54) is 49.7 Å². The van der Waals surface area contributed by atoms with Crippen molar-refractivity contribution in [2.75, 3.05) is 0 Å². The molecule has 2 atom stereocenters. The van der Waals surface area contributed by atoms with Gasteiger partial charge in [-0.1, -0.05) is 115 Å². The summed E-state index contributed by atoms with van der Waals surface area (Å²) in [5.41, 5.74) is 11.0. The van der Waals surface area contributed by atoms with Crippen molar-refractivity contribution >= 4 is 44.5 Å². The number of hydrogen-bond donors (Lipinski definition) is 0. The lowest BCUT2D eigenvalue weighted by Crippen LogP contribution is -2.10. The van der Waals surface area contributed by atoms with Crippen LogP contribution in [0.15, 0.2) is 168 Å². The molecule has 3 nitrogen and oxygen atoms in total. The smallest absolute Gasteiger partial charge is 0.227 e. The molecule has 0 radical (unpaired) electrons. The Balaban J connectivity index is 1.10. The highest BCUT2D eigenvalue weighted by atomic mass is 35.5. The van der Waals surface area contributed by atoms with Gasteiger partial charge >= 0.3 is 0 Å². The Labute approximate surface area is 277 Å². The fraction of sp³-hybridized carbons (Fsp3) is 0.0465. The molecular weight excluding hydrogens is 596 g/mol. The second-order valence-electron chi connectivity index (χ2n) is 12.1. The van der Waals surface area contributed by atoms with Crippen LogP contribution >= 0.6 is 11.6 Å². The Hall–Kier alpha value is -5.64. The van der Waals surface area contributed by atoms with Crippen molar-refractivity contribution in [1.29, 1.82) is 0 Å². The number of halogens is 1. The van der Waals surface area contributed by atoms with Crippen LogP contribution in [0.5, 0.6) is 0 Å². The summed E-state index contributed by atoms with van der Waals surface area (Å²) in [6.45, 7) is 0. The molecule has 0 saturated carbocycles. The number of aromatic nitrogens is 2. The van der Waals surface area contributed by atoms with Crippen LogP contribution in [0.25, 0.3) is 61.2 Å². The van der Waals surface area contributed by atoms with Gasteiger partial charge in [-0.2, -0.15) is 0 Å². The van der Waals surface area contributed by atoms with Gasteiger partial charge < -0.3 is 8.98 Å². The Kier molecular flexibility index (Phi) is 6.65. The number of hydrogen-bond acceptors (Lipinski definition) is 2. The number of rotatable bonds is 5. The maximum absolute atomic E-state index is 6.17. The zero-order valence-electron chi connectivity index (χ0n) is 25.4. The molecule has 224 valence electrons. The third-order valence-electron chi connectivity index (χ3n) is 9.34. The average Bonchev–Trinajstić information content (AvgIpc) is 3.71. The molecule has 2 aromatic heterocycles. The van der Waals surface area contributed by atoms with Gasteiger partial charge in [0, 0.05) is 38.9 Å². The van der Waals surface area contributed by atoms with Crippen LogP contribution in [0.2, 0.25) is 5.02 Å². The highest BCUT2D eigenvalue weighted by Gasteiger charge is 2.25. The summed E-state index contributed by atoms with van der Waals surface area (Å²) in [5.74, 6) is 0.954. The fourth-order valence-corrected chi connectivity index (χ4v) is 7.31. The van der Waals surface area contributed by atoms with Gasteiger partial charge in [-0.15, -0.1) is 0 Å². The predicted molar refractivity (Wildman–Crippen MR) is 194 cm³/mol. The summed E-state index contributed by atoms with van der Waals surface area (Å²) in [5, 5.41) is 3.16. The maximum Gasteiger partial charge on any atom is 0.227 e. The molecule has 0 bridgehead atoms. The Morgan fingerprint density at radius 3 is 2.19 bits per heavy atom. The van der Waals surface area contributed by atoms with E-state index in [0.717, 1.165) is 16.7 Å². The number of benzene rings is 6. The van der Waals surface area contributed by atoms with Gasteiger partial charge in [-0.25, -0.2) is 4.98 Å². The van der Waals surface area contributed by atoms with Gasteiger partial charge in [0.05, 0.1) is 11.0 Å². The Morgan fingerprint density at radius 1 is 0.596 bits per heavy atom. The van der Waals surface area contributed by atoms with Crippen molar-refractivity contribution in [2.45, 2.75) is 11.8 Å². The van der Waals surface area contributed by atoms with Gasteiger partial charge in [0.25, 0.3) is 0 Å². The minimum Gasteiger partial charge on any atom is -0.436 e. The zero-order chi connectivity index (χ0) is 31.3. The van der Waals surface area contributed by atoms with Crippen molar-refractivity contribution in [2.24, 2.45) is 0 Å². The van der Waals surface area contributed by atoms with Crippen molar-refractivity contribution in [1.82, 2.24) is 9.55 Å². The Bertz CT molecular complexity index is 2480. The zero-order valence-corrected chi connectivity index (χ0v) is 26.2. The van der Waals surface area contributed by atoms with E-state index in [0.29, 0.717) is 10.9 Å². The SMILES string of the molecule is Clc1ccc2oc(-c3ccc(C4C=CC=CC4c4ccccc4-c4ccc5c(c4)c4ccccc4n5-c4ccccc4)cc3)nc2c1. The van der Waals surface area contributed by atoms with Crippen LogP contribution in [-0.4, -0.2) is 9.55 Å². The van der Waals surface area contributed by atoms with Crippen molar-refractivity contribution in [3.8, 4) is 28.3 Å². The lowest BCUT2D eigenvalue weighted by atomic mass is 9.76. The predicted octanol–water partition coefficient (Wildman–Crippen LogP) is 11.9. The molecule has 0 aliphatic heterocycles. The quantitative estimate of drug-likeness (QED) is 0.191. The standard InChI is InChI=1S/C43H29ClN2O/c44-31-23-25-42-39(27-31)45-43(47-42)29-20-18-28(19-21-29)33-12-4-6-14-35(33)36-15-7-5-13-34(36)30-22-24-41-38(26-30)37-16-8-9-17-40(37)46(41)32-10-2-1-3-11-32/h1-27,33,35H. The van der Waals surface area contributed by atoms with Crippen LogP contribution in [-0.2, 0) is 0 Å². The summed E-state index contributed by atoms with van der Waals surface area (Å²) in [4.78, 5) is 4.68. The molecule has 9 rings (SSSR count). The monoisotopic (exact) mass is 624 g/mol. The van der Waals surface area contributed by atoms with Gasteiger partial charge in [-0.05, 0) is 82.9 Å². The van der Waals surface area contributed by atoms with Crippen LogP contribution < -0.4 is 0 Å².